The lowest BCUT2D eigenvalue weighted by Gasteiger charge is -2.18. The number of carbonyl (C=O) groups excluding carboxylic acids is 2. The van der Waals surface area contributed by atoms with Crippen molar-refractivity contribution in [2.45, 2.75) is 12.5 Å². The number of imidazole rings is 1. The predicted octanol–water partition coefficient (Wildman–Crippen LogP) is 2.48. The fourth-order valence-electron chi connectivity index (χ4n) is 3.81. The molecule has 0 aliphatic rings. The molecule has 2 aromatic carbocycles. The van der Waals surface area contributed by atoms with E-state index in [0.717, 1.165) is 5.56 Å². The number of fused-ring (bicyclic) bond motifs is 1. The van der Waals surface area contributed by atoms with Crippen molar-refractivity contribution in [3.8, 4) is 28.6 Å². The maximum atomic E-state index is 13.2. The summed E-state index contributed by atoms with van der Waals surface area (Å²) in [4.78, 5) is 37.3. The molecule has 180 valence electrons. The Morgan fingerprint density at radius 2 is 1.71 bits per heavy atom. The van der Waals surface area contributed by atoms with Crippen molar-refractivity contribution < 1.29 is 23.8 Å². The van der Waals surface area contributed by atoms with Crippen LogP contribution in [-0.4, -0.2) is 54.1 Å². The molecule has 4 N–H and O–H groups in total. The second-order valence-electron chi connectivity index (χ2n) is 7.69. The average Bonchev–Trinajstić information content (AvgIpc) is 3.32. The number of para-hydroxylation sites is 1. The molecule has 10 nitrogen and oxygen atoms in total. The van der Waals surface area contributed by atoms with Crippen LogP contribution in [0.3, 0.4) is 0 Å². The topological polar surface area (TPSA) is 141 Å². The quantitative estimate of drug-likeness (QED) is 0.338. The van der Waals surface area contributed by atoms with Gasteiger partial charge in [-0.3, -0.25) is 14.6 Å². The van der Waals surface area contributed by atoms with Crippen LogP contribution in [0.15, 0.2) is 54.9 Å². The van der Waals surface area contributed by atoms with E-state index >= 15 is 0 Å². The lowest BCUT2D eigenvalue weighted by molar-refractivity contribution is -0.119. The van der Waals surface area contributed by atoms with Crippen LogP contribution in [-0.2, 0) is 11.2 Å². The van der Waals surface area contributed by atoms with Crippen molar-refractivity contribution in [1.29, 1.82) is 0 Å². The number of benzene rings is 2. The van der Waals surface area contributed by atoms with E-state index in [1.165, 1.54) is 21.3 Å². The number of H-pyrrole nitrogens is 1. The number of aromatic nitrogens is 3. The normalized spacial score (nSPS) is 11.6. The van der Waals surface area contributed by atoms with Gasteiger partial charge >= 0.3 is 0 Å². The van der Waals surface area contributed by atoms with Gasteiger partial charge in [0.1, 0.15) is 17.4 Å². The van der Waals surface area contributed by atoms with E-state index < -0.39 is 17.9 Å². The number of nitrogens with zero attached hydrogens (tertiary/aromatic N) is 2. The smallest absolute Gasteiger partial charge is 0.254 e. The Morgan fingerprint density at radius 3 is 2.31 bits per heavy atom. The lowest BCUT2D eigenvalue weighted by Crippen LogP contribution is -2.45. The number of amides is 2. The Kier molecular flexibility index (Phi) is 6.81. The molecule has 2 heterocycles. The molecule has 2 aromatic heterocycles. The number of hydrogen-bond donors (Lipinski definition) is 3. The molecule has 1 atom stereocenters. The van der Waals surface area contributed by atoms with Gasteiger partial charge in [-0.1, -0.05) is 6.07 Å². The first-order valence-corrected chi connectivity index (χ1v) is 10.7. The lowest BCUT2D eigenvalue weighted by atomic mass is 10.0. The minimum Gasteiger partial charge on any atom is -0.493 e. The largest absolute Gasteiger partial charge is 0.493 e. The van der Waals surface area contributed by atoms with Crippen LogP contribution in [0.25, 0.3) is 22.4 Å². The summed E-state index contributed by atoms with van der Waals surface area (Å²) in [5, 5.41) is 2.74. The number of primary amides is 1. The molecule has 2 amide bonds. The highest BCUT2D eigenvalue weighted by atomic mass is 16.5. The first kappa shape index (κ1) is 23.6. The second-order valence-corrected chi connectivity index (χ2v) is 7.69. The van der Waals surface area contributed by atoms with Crippen molar-refractivity contribution in [3.63, 3.8) is 0 Å². The number of pyridine rings is 1. The molecule has 4 rings (SSSR count). The third kappa shape index (κ3) is 4.86. The number of aromatic amines is 1. The molecular weight excluding hydrogens is 450 g/mol. The van der Waals surface area contributed by atoms with Gasteiger partial charge in [0.2, 0.25) is 11.7 Å². The van der Waals surface area contributed by atoms with E-state index in [-0.39, 0.29) is 6.42 Å². The summed E-state index contributed by atoms with van der Waals surface area (Å²) in [6.07, 6.45) is 3.45. The molecule has 0 saturated heterocycles. The monoisotopic (exact) mass is 475 g/mol. The SMILES string of the molecule is COc1cc(C[C@H](NC(=O)c2cccc3[nH]c(-c4ccncc4)nc23)C(N)=O)cc(OC)c1OC. The van der Waals surface area contributed by atoms with E-state index in [1.54, 1.807) is 36.7 Å². The molecule has 0 aliphatic heterocycles. The van der Waals surface area contributed by atoms with Crippen molar-refractivity contribution in [2.75, 3.05) is 21.3 Å². The van der Waals surface area contributed by atoms with Crippen LogP contribution >= 0.6 is 0 Å². The molecule has 0 unspecified atom stereocenters. The third-order valence-electron chi connectivity index (χ3n) is 5.52. The van der Waals surface area contributed by atoms with E-state index in [1.807, 2.05) is 18.2 Å². The summed E-state index contributed by atoms with van der Waals surface area (Å²) >= 11 is 0. The maximum absolute atomic E-state index is 13.2. The predicted molar refractivity (Wildman–Crippen MR) is 130 cm³/mol. The average molecular weight is 476 g/mol. The van der Waals surface area contributed by atoms with Gasteiger partial charge < -0.3 is 30.2 Å². The summed E-state index contributed by atoms with van der Waals surface area (Å²) in [5.41, 5.74) is 8.61. The number of ether oxygens (including phenoxy) is 3. The number of carbonyl (C=O) groups is 2. The van der Waals surface area contributed by atoms with Gasteiger partial charge in [-0.15, -0.1) is 0 Å². The third-order valence-corrected chi connectivity index (χ3v) is 5.52. The molecule has 0 saturated carbocycles. The van der Waals surface area contributed by atoms with Crippen molar-refractivity contribution in [1.82, 2.24) is 20.3 Å². The molecule has 0 aliphatic carbocycles. The first-order valence-electron chi connectivity index (χ1n) is 10.7. The van der Waals surface area contributed by atoms with Gasteiger partial charge in [0, 0.05) is 24.4 Å². The molecule has 0 spiro atoms. The van der Waals surface area contributed by atoms with Crippen LogP contribution in [0.1, 0.15) is 15.9 Å². The van der Waals surface area contributed by atoms with Crippen LogP contribution in [0.4, 0.5) is 0 Å². The molecule has 4 aromatic rings. The van der Waals surface area contributed by atoms with Gasteiger partial charge in [-0.2, -0.15) is 0 Å². The number of nitrogens with two attached hydrogens (primary N) is 1. The number of nitrogens with one attached hydrogen (secondary N) is 2. The van der Waals surface area contributed by atoms with Crippen molar-refractivity contribution >= 4 is 22.8 Å². The molecule has 0 bridgehead atoms. The zero-order chi connectivity index (χ0) is 24.9. The van der Waals surface area contributed by atoms with Crippen LogP contribution in [0.2, 0.25) is 0 Å². The van der Waals surface area contributed by atoms with Crippen LogP contribution < -0.4 is 25.3 Å². The van der Waals surface area contributed by atoms with E-state index in [9.17, 15) is 9.59 Å². The maximum Gasteiger partial charge on any atom is 0.254 e. The van der Waals surface area contributed by atoms with Crippen molar-refractivity contribution in [2.24, 2.45) is 5.73 Å². The molecule has 10 heteroatoms. The van der Waals surface area contributed by atoms with Gasteiger partial charge in [-0.25, -0.2) is 4.98 Å². The minimum atomic E-state index is -0.987. The number of methoxy groups -OCH3 is 3. The van der Waals surface area contributed by atoms with Gasteiger partial charge in [-0.05, 0) is 42.0 Å². The Morgan fingerprint density at radius 1 is 1.03 bits per heavy atom. The minimum absolute atomic E-state index is 0.122. The summed E-state index contributed by atoms with van der Waals surface area (Å²) in [6, 6.07) is 11.3. The Bertz CT molecular complexity index is 1340. The number of hydrogen-bond acceptors (Lipinski definition) is 7. The highest BCUT2D eigenvalue weighted by molar-refractivity contribution is 6.06. The fourth-order valence-corrected chi connectivity index (χ4v) is 3.81. The highest BCUT2D eigenvalue weighted by Gasteiger charge is 2.23. The summed E-state index contributed by atoms with van der Waals surface area (Å²) in [7, 11) is 4.50. The molecular formula is C25H25N5O5. The summed E-state index contributed by atoms with van der Waals surface area (Å²) < 4.78 is 16.1. The Labute approximate surface area is 201 Å². The van der Waals surface area contributed by atoms with E-state index in [2.05, 4.69) is 20.3 Å². The van der Waals surface area contributed by atoms with E-state index in [4.69, 9.17) is 19.9 Å². The zero-order valence-corrected chi connectivity index (χ0v) is 19.5. The van der Waals surface area contributed by atoms with Crippen molar-refractivity contribution in [3.05, 3.63) is 66.0 Å². The summed E-state index contributed by atoms with van der Waals surface area (Å²) in [5.74, 6) is 0.737. The first-order chi connectivity index (χ1) is 16.9. The summed E-state index contributed by atoms with van der Waals surface area (Å²) in [6.45, 7) is 0. The fraction of sp³-hybridized carbons (Fsp3) is 0.200. The highest BCUT2D eigenvalue weighted by Crippen LogP contribution is 2.38. The Balaban J connectivity index is 1.62. The van der Waals surface area contributed by atoms with Gasteiger partial charge in [0.15, 0.2) is 11.5 Å². The zero-order valence-electron chi connectivity index (χ0n) is 19.5. The standard InChI is InChI=1S/C25H25N5O5/c1-33-19-12-14(13-20(34-2)22(19)35-3)11-18(23(26)31)29-25(32)16-5-4-6-17-21(16)30-24(28-17)15-7-9-27-10-8-15/h4-10,12-13,18H,11H2,1-3H3,(H2,26,31)(H,28,30)(H,29,32)/t18-/m0/s1. The van der Waals surface area contributed by atoms with Crippen LogP contribution in [0, 0.1) is 0 Å². The Hall–Kier alpha value is -4.60. The number of rotatable bonds is 9. The molecule has 35 heavy (non-hydrogen) atoms. The molecule has 0 fully saturated rings. The molecule has 0 radical (unpaired) electrons. The van der Waals surface area contributed by atoms with Gasteiger partial charge in [0.05, 0.1) is 32.4 Å². The second kappa shape index (κ2) is 10.1. The van der Waals surface area contributed by atoms with Gasteiger partial charge in [0.25, 0.3) is 5.91 Å². The van der Waals surface area contributed by atoms with Crippen LogP contribution in [0.5, 0.6) is 17.2 Å². The van der Waals surface area contributed by atoms with E-state index in [0.29, 0.717) is 45.2 Å².